The van der Waals surface area contributed by atoms with Crippen molar-refractivity contribution < 1.29 is 28.6 Å². The van der Waals surface area contributed by atoms with Crippen molar-refractivity contribution in [3.05, 3.63) is 29.8 Å². The van der Waals surface area contributed by atoms with Crippen molar-refractivity contribution in [2.24, 2.45) is 10.3 Å². The Bertz CT molecular complexity index is 615. The first-order valence-corrected chi connectivity index (χ1v) is 7.72. The highest BCUT2D eigenvalue weighted by Gasteiger charge is 2.11. The monoisotopic (exact) mass is 351 g/mol. The van der Waals surface area contributed by atoms with Crippen LogP contribution in [0, 0.1) is 0 Å². The normalized spacial score (nSPS) is 10.4. The van der Waals surface area contributed by atoms with E-state index in [0.717, 1.165) is 5.01 Å². The van der Waals surface area contributed by atoms with Gasteiger partial charge in [-0.05, 0) is 37.6 Å². The SMILES string of the molecule is CCCC(=O)OCOC(=O)N(C)N=Nc1ccc(C(=O)OCC)cc1. The van der Waals surface area contributed by atoms with Gasteiger partial charge in [-0.2, -0.15) is 5.01 Å². The van der Waals surface area contributed by atoms with Crippen LogP contribution >= 0.6 is 0 Å². The standard InChI is InChI=1S/C16H21N3O6/c1-4-6-14(20)24-11-25-16(22)19(3)18-17-13-9-7-12(8-10-13)15(21)23-5-2/h7-10H,4-6,11H2,1-3H3. The molecule has 0 aliphatic carbocycles. The number of esters is 2. The van der Waals surface area contributed by atoms with Gasteiger partial charge in [-0.3, -0.25) is 4.79 Å². The van der Waals surface area contributed by atoms with E-state index in [4.69, 9.17) is 14.2 Å². The van der Waals surface area contributed by atoms with Crippen LogP contribution < -0.4 is 0 Å². The van der Waals surface area contributed by atoms with E-state index in [2.05, 4.69) is 10.3 Å². The molecule has 0 atom stereocenters. The number of carbonyl (C=O) groups excluding carboxylic acids is 3. The fraction of sp³-hybridized carbons (Fsp3) is 0.438. The Morgan fingerprint density at radius 2 is 1.72 bits per heavy atom. The van der Waals surface area contributed by atoms with Gasteiger partial charge < -0.3 is 14.2 Å². The predicted molar refractivity (Wildman–Crippen MR) is 87.0 cm³/mol. The van der Waals surface area contributed by atoms with Crippen LogP contribution in [-0.4, -0.2) is 43.5 Å². The molecule has 0 spiro atoms. The number of amides is 1. The third kappa shape index (κ3) is 7.42. The maximum Gasteiger partial charge on any atom is 0.434 e. The Morgan fingerprint density at radius 1 is 1.04 bits per heavy atom. The second-order valence-corrected chi connectivity index (χ2v) is 4.77. The number of ether oxygens (including phenoxy) is 3. The van der Waals surface area contributed by atoms with Gasteiger partial charge in [0.05, 0.1) is 17.9 Å². The molecule has 1 aromatic rings. The maximum absolute atomic E-state index is 11.6. The molecule has 1 aromatic carbocycles. The van der Waals surface area contributed by atoms with E-state index >= 15 is 0 Å². The molecular weight excluding hydrogens is 330 g/mol. The molecule has 0 radical (unpaired) electrons. The second kappa shape index (κ2) is 10.7. The summed E-state index contributed by atoms with van der Waals surface area (Å²) in [5, 5.41) is 8.36. The summed E-state index contributed by atoms with van der Waals surface area (Å²) >= 11 is 0. The summed E-state index contributed by atoms with van der Waals surface area (Å²) in [7, 11) is 1.34. The maximum atomic E-state index is 11.6. The summed E-state index contributed by atoms with van der Waals surface area (Å²) in [6.07, 6.45) is 0.0845. The topological polar surface area (TPSA) is 107 Å². The molecule has 25 heavy (non-hydrogen) atoms. The molecule has 1 amide bonds. The first-order valence-electron chi connectivity index (χ1n) is 7.72. The quantitative estimate of drug-likeness (QED) is 0.308. The fourth-order valence-electron chi connectivity index (χ4n) is 1.55. The molecule has 0 aliphatic heterocycles. The molecule has 0 unspecified atom stereocenters. The van der Waals surface area contributed by atoms with Crippen molar-refractivity contribution in [3.63, 3.8) is 0 Å². The Hall–Kier alpha value is -2.97. The summed E-state index contributed by atoms with van der Waals surface area (Å²) in [5.41, 5.74) is 0.824. The van der Waals surface area contributed by atoms with E-state index in [1.54, 1.807) is 19.1 Å². The van der Waals surface area contributed by atoms with Crippen LogP contribution in [0.25, 0.3) is 0 Å². The fourth-order valence-corrected chi connectivity index (χ4v) is 1.55. The second-order valence-electron chi connectivity index (χ2n) is 4.77. The van der Waals surface area contributed by atoms with E-state index in [9.17, 15) is 14.4 Å². The summed E-state index contributed by atoms with van der Waals surface area (Å²) in [4.78, 5) is 34.3. The van der Waals surface area contributed by atoms with E-state index in [1.165, 1.54) is 19.2 Å². The van der Waals surface area contributed by atoms with Crippen LogP contribution in [0.1, 0.15) is 37.0 Å². The minimum atomic E-state index is -0.823. The average Bonchev–Trinajstić information content (AvgIpc) is 2.60. The van der Waals surface area contributed by atoms with Crippen molar-refractivity contribution in [2.45, 2.75) is 26.7 Å². The van der Waals surface area contributed by atoms with E-state index < -0.39 is 24.8 Å². The molecule has 9 heteroatoms. The van der Waals surface area contributed by atoms with E-state index in [0.29, 0.717) is 24.3 Å². The predicted octanol–water partition coefficient (Wildman–Crippen LogP) is 3.23. The lowest BCUT2D eigenvalue weighted by molar-refractivity contribution is -0.152. The third-order valence-corrected chi connectivity index (χ3v) is 2.79. The first-order chi connectivity index (χ1) is 12.0. The Morgan fingerprint density at radius 3 is 2.32 bits per heavy atom. The van der Waals surface area contributed by atoms with Crippen LogP contribution in [0.3, 0.4) is 0 Å². The summed E-state index contributed by atoms with van der Waals surface area (Å²) < 4.78 is 14.3. The molecule has 0 saturated carbocycles. The Labute approximate surface area is 145 Å². The molecule has 136 valence electrons. The van der Waals surface area contributed by atoms with Crippen molar-refractivity contribution in [1.29, 1.82) is 0 Å². The minimum absolute atomic E-state index is 0.259. The zero-order valence-electron chi connectivity index (χ0n) is 14.4. The van der Waals surface area contributed by atoms with Crippen LogP contribution in [-0.2, 0) is 19.0 Å². The Balaban J connectivity index is 2.47. The highest BCUT2D eigenvalue weighted by atomic mass is 16.7. The van der Waals surface area contributed by atoms with E-state index in [1.807, 2.05) is 6.92 Å². The molecular formula is C16H21N3O6. The summed E-state index contributed by atoms with van der Waals surface area (Å²) in [6.45, 7) is 3.37. The molecule has 0 bridgehead atoms. The minimum Gasteiger partial charge on any atom is -0.462 e. The van der Waals surface area contributed by atoms with Crippen molar-refractivity contribution in [1.82, 2.24) is 5.01 Å². The van der Waals surface area contributed by atoms with Crippen LogP contribution in [0.5, 0.6) is 0 Å². The molecule has 0 saturated heterocycles. The van der Waals surface area contributed by atoms with Gasteiger partial charge >= 0.3 is 18.0 Å². The van der Waals surface area contributed by atoms with Gasteiger partial charge in [0.2, 0.25) is 6.79 Å². The van der Waals surface area contributed by atoms with E-state index in [-0.39, 0.29) is 6.42 Å². The van der Waals surface area contributed by atoms with Crippen molar-refractivity contribution in [2.75, 3.05) is 20.4 Å². The van der Waals surface area contributed by atoms with Crippen LogP contribution in [0.15, 0.2) is 34.6 Å². The van der Waals surface area contributed by atoms with Gasteiger partial charge in [0, 0.05) is 13.5 Å². The van der Waals surface area contributed by atoms with Gasteiger partial charge in [-0.15, -0.1) is 5.11 Å². The third-order valence-electron chi connectivity index (χ3n) is 2.79. The van der Waals surface area contributed by atoms with Crippen molar-refractivity contribution >= 4 is 23.7 Å². The lowest BCUT2D eigenvalue weighted by Gasteiger charge is -2.10. The number of benzene rings is 1. The number of rotatable bonds is 8. The van der Waals surface area contributed by atoms with Crippen molar-refractivity contribution in [3.8, 4) is 0 Å². The molecule has 9 nitrogen and oxygen atoms in total. The summed E-state index contributed by atoms with van der Waals surface area (Å²) in [6, 6.07) is 6.19. The van der Waals surface area contributed by atoms with Gasteiger partial charge in [0.25, 0.3) is 0 Å². The number of nitrogens with zero attached hydrogens (tertiary/aromatic N) is 3. The van der Waals surface area contributed by atoms with Gasteiger partial charge in [-0.1, -0.05) is 12.1 Å². The lowest BCUT2D eigenvalue weighted by atomic mass is 10.2. The largest absolute Gasteiger partial charge is 0.462 e. The molecule has 0 aliphatic rings. The van der Waals surface area contributed by atoms with Gasteiger partial charge in [0.1, 0.15) is 0 Å². The number of hydrogen-bond donors (Lipinski definition) is 0. The van der Waals surface area contributed by atoms with Gasteiger partial charge in [0.15, 0.2) is 0 Å². The van der Waals surface area contributed by atoms with Crippen LogP contribution in [0.4, 0.5) is 10.5 Å². The highest BCUT2D eigenvalue weighted by molar-refractivity contribution is 5.89. The molecule has 0 heterocycles. The number of hydrogen-bond acceptors (Lipinski definition) is 8. The lowest BCUT2D eigenvalue weighted by Crippen LogP contribution is -2.23. The zero-order valence-corrected chi connectivity index (χ0v) is 14.4. The first kappa shape index (κ1) is 20.1. The Kier molecular flexibility index (Phi) is 8.62. The van der Waals surface area contributed by atoms with Crippen LogP contribution in [0.2, 0.25) is 0 Å². The molecule has 1 rings (SSSR count). The zero-order chi connectivity index (χ0) is 18.7. The average molecular weight is 351 g/mol. The smallest absolute Gasteiger partial charge is 0.434 e. The summed E-state index contributed by atoms with van der Waals surface area (Å²) in [5.74, 6) is -0.870. The highest BCUT2D eigenvalue weighted by Crippen LogP contribution is 2.14. The molecule has 0 aromatic heterocycles. The molecule has 0 N–H and O–H groups in total. The molecule has 0 fully saturated rings. The number of carbonyl (C=O) groups is 3. The van der Waals surface area contributed by atoms with Gasteiger partial charge in [-0.25, -0.2) is 9.59 Å².